The first-order chi connectivity index (χ1) is 20.7. The predicted octanol–water partition coefficient (Wildman–Crippen LogP) is 9.58. The largest absolute Gasteiger partial charge is 0.347 e. The Hall–Kier alpha value is -3.00. The average Bonchev–Trinajstić information content (AvgIpc) is 2.95. The second-order valence-electron chi connectivity index (χ2n) is 16.8. The number of fused-ring (bicyclic) bond motifs is 1. The van der Waals surface area contributed by atoms with Crippen LogP contribution in [-0.2, 0) is 9.59 Å². The fraction of sp³-hybridized carbons (Fsp3) is 0.650. The summed E-state index contributed by atoms with van der Waals surface area (Å²) in [5, 5.41) is 13.4. The number of allylic oxidation sites excluding steroid dienone is 4. The summed E-state index contributed by atoms with van der Waals surface area (Å²) in [5.74, 6) is -0.189. The van der Waals surface area contributed by atoms with Gasteiger partial charge in [0.1, 0.15) is 6.07 Å². The molecule has 0 spiro atoms. The summed E-state index contributed by atoms with van der Waals surface area (Å²) >= 11 is 0. The molecule has 1 amide bonds. The number of carbonyl (C=O) groups excluding carboxylic acids is 3. The van der Waals surface area contributed by atoms with E-state index in [1.165, 1.54) is 0 Å². The molecule has 45 heavy (non-hydrogen) atoms. The molecule has 2 aliphatic rings. The molecule has 3 rings (SSSR count). The highest BCUT2D eigenvalue weighted by Gasteiger charge is 2.61. The number of nitrogens with one attached hydrogen (secondary N) is 1. The average molecular weight is 615 g/mol. The van der Waals surface area contributed by atoms with Gasteiger partial charge in [0.25, 0.3) is 5.91 Å². The summed E-state index contributed by atoms with van der Waals surface area (Å²) < 4.78 is 0. The number of benzene rings is 1. The van der Waals surface area contributed by atoms with Crippen molar-refractivity contribution in [2.75, 3.05) is 0 Å². The van der Waals surface area contributed by atoms with Crippen molar-refractivity contribution in [2.45, 2.75) is 133 Å². The zero-order valence-electron chi connectivity index (χ0n) is 29.9. The minimum atomic E-state index is -0.707. The normalized spacial score (nSPS) is 27.2. The van der Waals surface area contributed by atoms with E-state index in [-0.39, 0.29) is 45.2 Å². The molecule has 1 aromatic carbocycles. The van der Waals surface area contributed by atoms with Crippen molar-refractivity contribution >= 4 is 17.5 Å². The van der Waals surface area contributed by atoms with Crippen molar-refractivity contribution in [1.82, 2.24) is 5.32 Å². The van der Waals surface area contributed by atoms with Crippen LogP contribution in [0.4, 0.5) is 0 Å². The fourth-order valence-electron chi connectivity index (χ4n) is 8.58. The molecule has 1 saturated carbocycles. The Balaban J connectivity index is 2.02. The minimum absolute atomic E-state index is 0.0136. The molecule has 4 atom stereocenters. The third-order valence-corrected chi connectivity index (χ3v) is 12.0. The van der Waals surface area contributed by atoms with Gasteiger partial charge in [-0.25, -0.2) is 0 Å². The van der Waals surface area contributed by atoms with Gasteiger partial charge in [0.15, 0.2) is 11.6 Å². The van der Waals surface area contributed by atoms with Crippen LogP contribution in [0.2, 0.25) is 0 Å². The van der Waals surface area contributed by atoms with E-state index in [2.05, 4.69) is 66.8 Å². The number of amides is 1. The maximum Gasteiger partial charge on any atom is 0.251 e. The second kappa shape index (κ2) is 13.0. The molecule has 5 nitrogen and oxygen atoms in total. The number of rotatable bonds is 12. The molecule has 1 N–H and O–H groups in total. The molecule has 1 fully saturated rings. The Labute approximate surface area is 273 Å². The van der Waals surface area contributed by atoms with Crippen LogP contribution < -0.4 is 5.32 Å². The number of nitrogens with zero attached hydrogens (tertiary/aromatic N) is 1. The van der Waals surface area contributed by atoms with Crippen LogP contribution >= 0.6 is 0 Å². The van der Waals surface area contributed by atoms with Crippen molar-refractivity contribution in [2.24, 2.45) is 33.0 Å². The Bertz CT molecular complexity index is 1390. The van der Waals surface area contributed by atoms with E-state index >= 15 is 0 Å². The van der Waals surface area contributed by atoms with Gasteiger partial charge in [0.2, 0.25) is 0 Å². The van der Waals surface area contributed by atoms with Crippen LogP contribution in [0.5, 0.6) is 0 Å². The highest BCUT2D eigenvalue weighted by atomic mass is 16.2. The van der Waals surface area contributed by atoms with Gasteiger partial charge in [0.05, 0.1) is 5.57 Å². The molecule has 5 heteroatoms. The number of hydrogen-bond acceptors (Lipinski definition) is 4. The molecule has 0 bridgehead atoms. The number of carbonyl (C=O) groups is 3. The van der Waals surface area contributed by atoms with E-state index < -0.39 is 16.4 Å². The third kappa shape index (κ3) is 7.37. The smallest absolute Gasteiger partial charge is 0.251 e. The molecule has 0 radical (unpaired) electrons. The van der Waals surface area contributed by atoms with Crippen molar-refractivity contribution in [3.63, 3.8) is 0 Å². The zero-order valence-corrected chi connectivity index (χ0v) is 29.9. The fourth-order valence-corrected chi connectivity index (χ4v) is 8.58. The van der Waals surface area contributed by atoms with Crippen LogP contribution in [0.3, 0.4) is 0 Å². The molecular weight excluding hydrogens is 556 g/mol. The first-order valence-corrected chi connectivity index (χ1v) is 17.0. The molecule has 0 saturated heterocycles. The summed E-state index contributed by atoms with van der Waals surface area (Å²) in [7, 11) is 0. The lowest BCUT2D eigenvalue weighted by atomic mass is 9.42. The SMILES string of the molecule is CCCC(C)(C)CC[C@@](C)(CCC(C)(C)[C@]1(C)CC[C@H]2C(C)(C)C(=O)C(C#N)=C[C@]2(C)/C1=C/C(C)=O)NC(=O)c1ccccc1. The Morgan fingerprint density at radius 3 is 2.13 bits per heavy atom. The summed E-state index contributed by atoms with van der Waals surface area (Å²) in [6.07, 6.45) is 11.1. The van der Waals surface area contributed by atoms with Gasteiger partial charge in [-0.05, 0) is 99.2 Å². The summed E-state index contributed by atoms with van der Waals surface area (Å²) in [5.41, 5.74) is -0.308. The lowest BCUT2D eigenvalue weighted by Crippen LogP contribution is -2.56. The molecule has 0 aliphatic heterocycles. The quantitative estimate of drug-likeness (QED) is 0.238. The third-order valence-electron chi connectivity index (χ3n) is 12.0. The van der Waals surface area contributed by atoms with Crippen LogP contribution in [0.1, 0.15) is 138 Å². The second-order valence-corrected chi connectivity index (χ2v) is 16.8. The summed E-state index contributed by atoms with van der Waals surface area (Å²) in [4.78, 5) is 39.7. The Morgan fingerprint density at radius 2 is 1.58 bits per heavy atom. The van der Waals surface area contributed by atoms with Gasteiger partial charge in [-0.15, -0.1) is 0 Å². The van der Waals surface area contributed by atoms with Gasteiger partial charge < -0.3 is 5.32 Å². The predicted molar refractivity (Wildman–Crippen MR) is 183 cm³/mol. The first-order valence-electron chi connectivity index (χ1n) is 17.0. The number of Topliss-reactive ketones (excluding diaryl/α,β-unsaturated/α-hetero) is 1. The van der Waals surface area contributed by atoms with E-state index in [9.17, 15) is 19.6 Å². The van der Waals surface area contributed by atoms with E-state index in [1.54, 1.807) is 13.0 Å². The molecule has 2 aliphatic carbocycles. The number of nitriles is 1. The molecule has 0 heterocycles. The molecule has 0 aromatic heterocycles. The van der Waals surface area contributed by atoms with E-state index in [1.807, 2.05) is 50.3 Å². The minimum Gasteiger partial charge on any atom is -0.347 e. The van der Waals surface area contributed by atoms with Crippen LogP contribution in [-0.4, -0.2) is 23.0 Å². The van der Waals surface area contributed by atoms with Gasteiger partial charge >= 0.3 is 0 Å². The van der Waals surface area contributed by atoms with Crippen LogP contribution in [0.15, 0.2) is 53.6 Å². The number of hydrogen-bond donors (Lipinski definition) is 1. The van der Waals surface area contributed by atoms with Crippen molar-refractivity contribution in [3.05, 3.63) is 59.2 Å². The highest BCUT2D eigenvalue weighted by molar-refractivity contribution is 6.04. The van der Waals surface area contributed by atoms with Gasteiger partial charge in [-0.2, -0.15) is 5.26 Å². The van der Waals surface area contributed by atoms with Gasteiger partial charge in [0, 0.05) is 21.9 Å². The molecular formula is C40H58N2O3. The molecule has 246 valence electrons. The first kappa shape index (κ1) is 36.5. The van der Waals surface area contributed by atoms with E-state index in [0.29, 0.717) is 5.56 Å². The Morgan fingerprint density at radius 1 is 0.978 bits per heavy atom. The lowest BCUT2D eigenvalue weighted by molar-refractivity contribution is -0.131. The van der Waals surface area contributed by atoms with Crippen molar-refractivity contribution in [3.8, 4) is 6.07 Å². The van der Waals surface area contributed by atoms with Crippen molar-refractivity contribution in [1.29, 1.82) is 5.26 Å². The maximum atomic E-state index is 13.5. The summed E-state index contributed by atoms with van der Waals surface area (Å²) in [6.45, 7) is 23.6. The number of ketones is 2. The Kier molecular flexibility index (Phi) is 10.5. The topological polar surface area (TPSA) is 87.0 Å². The zero-order chi connectivity index (χ0) is 34.1. The molecule has 0 unspecified atom stereocenters. The highest BCUT2D eigenvalue weighted by Crippen LogP contribution is 2.67. The van der Waals surface area contributed by atoms with Gasteiger partial charge in [-0.3, -0.25) is 14.4 Å². The lowest BCUT2D eigenvalue weighted by Gasteiger charge is -2.61. The van der Waals surface area contributed by atoms with Crippen LogP contribution in [0, 0.1) is 44.3 Å². The molecule has 1 aromatic rings. The van der Waals surface area contributed by atoms with Crippen molar-refractivity contribution < 1.29 is 14.4 Å². The standard InChI is InChI=1S/C40H58N2O3/c1-12-19-35(3,4)21-23-38(9,42-34(45)29-16-14-13-15-17-29)24-22-36(5,6)40(11)20-18-31-37(7,8)33(44)30(27-41)26-39(31,10)32(40)25-28(2)43/h13-17,25-26,31H,12,18-24H2,1-11H3,(H,42,45)/b32-25-/t31-,38-,39-,40+/m0/s1. The van der Waals surface area contributed by atoms with E-state index in [0.717, 1.165) is 56.9 Å². The van der Waals surface area contributed by atoms with Gasteiger partial charge in [-0.1, -0.05) is 98.6 Å². The van der Waals surface area contributed by atoms with Crippen LogP contribution in [0.25, 0.3) is 0 Å². The van der Waals surface area contributed by atoms with E-state index in [4.69, 9.17) is 0 Å². The monoisotopic (exact) mass is 614 g/mol. The maximum absolute atomic E-state index is 13.5. The summed E-state index contributed by atoms with van der Waals surface area (Å²) in [6, 6.07) is 11.6.